The van der Waals surface area contributed by atoms with Gasteiger partial charge in [-0.15, -0.1) is 10.2 Å². The Morgan fingerprint density at radius 3 is 3.00 bits per heavy atom. The van der Waals surface area contributed by atoms with Gasteiger partial charge in [0.05, 0.1) is 18.8 Å². The largest absolute Gasteiger partial charge is 0.368 e. The number of hydrogen-bond donors (Lipinski definition) is 1. The summed E-state index contributed by atoms with van der Waals surface area (Å²) in [5.41, 5.74) is 0.762. The predicted molar refractivity (Wildman–Crippen MR) is 90.3 cm³/mol. The zero-order chi connectivity index (χ0) is 17.1. The van der Waals surface area contributed by atoms with Crippen LogP contribution in [0.15, 0.2) is 12.3 Å². The highest BCUT2D eigenvalue weighted by Crippen LogP contribution is 2.22. The third-order valence-corrected chi connectivity index (χ3v) is 4.24. The van der Waals surface area contributed by atoms with E-state index in [0.29, 0.717) is 30.8 Å². The van der Waals surface area contributed by atoms with E-state index in [1.807, 2.05) is 32.0 Å². The lowest BCUT2D eigenvalue weighted by Gasteiger charge is -2.32. The normalized spacial score (nSPS) is 17.6. The first-order chi connectivity index (χ1) is 11.5. The Morgan fingerprint density at radius 1 is 1.46 bits per heavy atom. The van der Waals surface area contributed by atoms with Crippen molar-refractivity contribution in [1.29, 1.82) is 0 Å². The fraction of sp³-hybridized carbons (Fsp3) is 0.500. The number of nitrogens with zero attached hydrogens (tertiary/aromatic N) is 6. The molecule has 0 bridgehead atoms. The third-order valence-electron chi connectivity index (χ3n) is 3.49. The van der Waals surface area contributed by atoms with Gasteiger partial charge in [-0.1, -0.05) is 11.3 Å². The molecule has 9 nitrogen and oxygen atoms in total. The number of aromatic nitrogens is 4. The van der Waals surface area contributed by atoms with Crippen LogP contribution in [0.5, 0.6) is 0 Å². The van der Waals surface area contributed by atoms with Gasteiger partial charge in [-0.2, -0.15) is 0 Å². The second kappa shape index (κ2) is 7.05. The average Bonchev–Trinajstić information content (AvgIpc) is 3.00. The van der Waals surface area contributed by atoms with Crippen LogP contribution in [0, 0.1) is 6.92 Å². The molecule has 3 rings (SSSR count). The Morgan fingerprint density at radius 2 is 2.29 bits per heavy atom. The SMILES string of the molecule is Cc1nnc(NC(=O)N2CCO[C@@H](c3ccnc(N(C)C)n3)C2)s1. The molecule has 3 heterocycles. The first-order valence-corrected chi connectivity index (χ1v) is 8.32. The van der Waals surface area contributed by atoms with Gasteiger partial charge in [0.2, 0.25) is 11.1 Å². The van der Waals surface area contributed by atoms with Crippen LogP contribution < -0.4 is 10.2 Å². The Balaban J connectivity index is 1.67. The highest BCUT2D eigenvalue weighted by Gasteiger charge is 2.27. The molecule has 2 aromatic rings. The molecular weight excluding hydrogens is 330 g/mol. The van der Waals surface area contributed by atoms with E-state index in [9.17, 15) is 4.79 Å². The number of morpholine rings is 1. The number of carbonyl (C=O) groups excluding carboxylic acids is 1. The molecule has 128 valence electrons. The van der Waals surface area contributed by atoms with Crippen LogP contribution >= 0.6 is 11.3 Å². The molecule has 24 heavy (non-hydrogen) atoms. The number of amides is 2. The Hall–Kier alpha value is -2.33. The molecule has 2 amide bonds. The predicted octanol–water partition coefficient (Wildman–Crippen LogP) is 1.31. The van der Waals surface area contributed by atoms with Crippen LogP contribution in [-0.4, -0.2) is 64.9 Å². The molecule has 1 fully saturated rings. The zero-order valence-electron chi connectivity index (χ0n) is 13.8. The van der Waals surface area contributed by atoms with Crippen LogP contribution in [0.3, 0.4) is 0 Å². The number of hydrogen-bond acceptors (Lipinski definition) is 8. The first kappa shape index (κ1) is 16.5. The van der Waals surface area contributed by atoms with Crippen molar-refractivity contribution in [3.63, 3.8) is 0 Å². The van der Waals surface area contributed by atoms with E-state index in [1.54, 1.807) is 11.1 Å². The summed E-state index contributed by atoms with van der Waals surface area (Å²) >= 11 is 1.34. The summed E-state index contributed by atoms with van der Waals surface area (Å²) < 4.78 is 5.78. The van der Waals surface area contributed by atoms with E-state index in [-0.39, 0.29) is 12.1 Å². The van der Waals surface area contributed by atoms with Gasteiger partial charge < -0.3 is 14.5 Å². The Labute approximate surface area is 143 Å². The van der Waals surface area contributed by atoms with Crippen molar-refractivity contribution in [3.8, 4) is 0 Å². The molecule has 1 saturated heterocycles. The molecule has 0 spiro atoms. The molecule has 0 aliphatic carbocycles. The van der Waals surface area contributed by atoms with Crippen molar-refractivity contribution >= 4 is 28.4 Å². The van der Waals surface area contributed by atoms with Crippen molar-refractivity contribution in [2.24, 2.45) is 0 Å². The van der Waals surface area contributed by atoms with Crippen molar-refractivity contribution in [1.82, 2.24) is 25.1 Å². The maximum atomic E-state index is 12.4. The lowest BCUT2D eigenvalue weighted by atomic mass is 10.2. The van der Waals surface area contributed by atoms with E-state index < -0.39 is 0 Å². The van der Waals surface area contributed by atoms with Gasteiger partial charge in [0.1, 0.15) is 11.1 Å². The molecule has 1 aliphatic rings. The van der Waals surface area contributed by atoms with Gasteiger partial charge in [-0.3, -0.25) is 5.32 Å². The minimum atomic E-state index is -0.276. The van der Waals surface area contributed by atoms with Gasteiger partial charge in [0.15, 0.2) is 0 Å². The number of nitrogens with one attached hydrogen (secondary N) is 1. The van der Waals surface area contributed by atoms with Gasteiger partial charge >= 0.3 is 6.03 Å². The Bertz CT molecular complexity index is 721. The summed E-state index contributed by atoms with van der Waals surface area (Å²) in [7, 11) is 3.76. The highest BCUT2D eigenvalue weighted by molar-refractivity contribution is 7.15. The van der Waals surface area contributed by atoms with E-state index in [4.69, 9.17) is 4.74 Å². The first-order valence-electron chi connectivity index (χ1n) is 7.51. The van der Waals surface area contributed by atoms with Gasteiger partial charge in [-0.25, -0.2) is 14.8 Å². The molecule has 0 saturated carbocycles. The van der Waals surface area contributed by atoms with Crippen LogP contribution in [0.2, 0.25) is 0 Å². The lowest BCUT2D eigenvalue weighted by Crippen LogP contribution is -2.44. The van der Waals surface area contributed by atoms with Crippen LogP contribution in [0.1, 0.15) is 16.8 Å². The number of urea groups is 1. The maximum absolute atomic E-state index is 12.4. The van der Waals surface area contributed by atoms with Crippen LogP contribution in [0.4, 0.5) is 15.9 Å². The van der Waals surface area contributed by atoms with Gasteiger partial charge in [-0.05, 0) is 13.0 Å². The summed E-state index contributed by atoms with van der Waals surface area (Å²) in [6.45, 7) is 3.24. The second-order valence-corrected chi connectivity index (χ2v) is 6.72. The number of carbonyl (C=O) groups is 1. The van der Waals surface area contributed by atoms with Crippen LogP contribution in [0.25, 0.3) is 0 Å². The zero-order valence-corrected chi connectivity index (χ0v) is 14.6. The number of ether oxygens (including phenoxy) is 1. The number of rotatable bonds is 3. The minimum Gasteiger partial charge on any atom is -0.368 e. The quantitative estimate of drug-likeness (QED) is 0.892. The Kier molecular flexibility index (Phi) is 4.86. The van der Waals surface area contributed by atoms with Crippen molar-refractivity contribution in [2.45, 2.75) is 13.0 Å². The molecule has 1 atom stereocenters. The van der Waals surface area contributed by atoms with E-state index in [1.165, 1.54) is 11.3 Å². The number of aryl methyl sites for hydroxylation is 1. The van der Waals surface area contributed by atoms with Crippen molar-refractivity contribution in [3.05, 3.63) is 23.0 Å². The van der Waals surface area contributed by atoms with Gasteiger partial charge in [0, 0.05) is 26.8 Å². The third kappa shape index (κ3) is 3.77. The molecule has 0 radical (unpaired) electrons. The monoisotopic (exact) mass is 349 g/mol. The average molecular weight is 349 g/mol. The standard InChI is InChI=1S/C14H19N7O2S/c1-9-18-19-13(24-9)17-14(22)21-6-7-23-11(8-21)10-4-5-15-12(16-10)20(2)3/h4-5,11H,6-8H2,1-3H3,(H,17,19,22)/t11-/m1/s1. The van der Waals surface area contributed by atoms with Crippen LogP contribution in [-0.2, 0) is 4.74 Å². The molecular formula is C14H19N7O2S. The molecule has 10 heteroatoms. The topological polar surface area (TPSA) is 96.4 Å². The van der Waals surface area contributed by atoms with E-state index in [2.05, 4.69) is 25.5 Å². The molecule has 1 N–H and O–H groups in total. The van der Waals surface area contributed by atoms with E-state index in [0.717, 1.165) is 10.7 Å². The van der Waals surface area contributed by atoms with Crippen molar-refractivity contribution < 1.29 is 9.53 Å². The van der Waals surface area contributed by atoms with E-state index >= 15 is 0 Å². The maximum Gasteiger partial charge on any atom is 0.323 e. The molecule has 1 aliphatic heterocycles. The van der Waals surface area contributed by atoms with Gasteiger partial charge in [0.25, 0.3) is 0 Å². The second-order valence-electron chi connectivity index (χ2n) is 5.54. The summed E-state index contributed by atoms with van der Waals surface area (Å²) in [5.74, 6) is 0.613. The lowest BCUT2D eigenvalue weighted by molar-refractivity contribution is -0.0157. The fourth-order valence-electron chi connectivity index (χ4n) is 2.29. The number of anilines is 2. The summed E-state index contributed by atoms with van der Waals surface area (Å²) in [6, 6.07) is 1.61. The van der Waals surface area contributed by atoms with Crippen molar-refractivity contribution in [2.75, 3.05) is 44.0 Å². The summed E-state index contributed by atoms with van der Waals surface area (Å²) in [4.78, 5) is 24.6. The molecule has 0 aromatic carbocycles. The summed E-state index contributed by atoms with van der Waals surface area (Å²) in [5, 5.41) is 11.9. The fourth-order valence-corrected chi connectivity index (χ4v) is 2.87. The molecule has 2 aromatic heterocycles. The summed E-state index contributed by atoms with van der Waals surface area (Å²) in [6.07, 6.45) is 1.42. The minimum absolute atomic E-state index is 0.207. The highest BCUT2D eigenvalue weighted by atomic mass is 32.1. The molecule has 0 unspecified atom stereocenters. The smallest absolute Gasteiger partial charge is 0.323 e.